The van der Waals surface area contributed by atoms with Crippen molar-refractivity contribution in [2.45, 2.75) is 32.4 Å². The van der Waals surface area contributed by atoms with Crippen LogP contribution in [0.5, 0.6) is 0 Å². The molecule has 3 heteroatoms. The van der Waals surface area contributed by atoms with Crippen molar-refractivity contribution in [2.24, 2.45) is 0 Å². The molecule has 2 heterocycles. The lowest BCUT2D eigenvalue weighted by Crippen LogP contribution is -2.29. The van der Waals surface area contributed by atoms with Crippen LogP contribution in [0.2, 0.25) is 0 Å². The first kappa shape index (κ1) is 13.6. The zero-order valence-electron chi connectivity index (χ0n) is 13.1. The number of rotatable bonds is 4. The topological polar surface area (TPSA) is 29.0 Å². The number of nitrogens with one attached hydrogen (secondary N) is 2. The molecule has 2 aromatic carbocycles. The van der Waals surface area contributed by atoms with Gasteiger partial charge in [0.2, 0.25) is 0 Å². The monoisotopic (exact) mass is 293 g/mol. The van der Waals surface area contributed by atoms with Crippen LogP contribution in [0, 0.1) is 0 Å². The van der Waals surface area contributed by atoms with Crippen molar-refractivity contribution in [3.63, 3.8) is 0 Å². The van der Waals surface area contributed by atoms with Crippen LogP contribution in [0.25, 0.3) is 21.8 Å². The highest BCUT2D eigenvalue weighted by Crippen LogP contribution is 2.30. The minimum Gasteiger partial charge on any atom is -0.383 e. The molecule has 2 N–H and O–H groups in total. The van der Waals surface area contributed by atoms with E-state index in [1.165, 1.54) is 40.3 Å². The quantitative estimate of drug-likeness (QED) is 0.762. The predicted octanol–water partition coefficient (Wildman–Crippen LogP) is 3.98. The van der Waals surface area contributed by atoms with E-state index in [4.69, 9.17) is 0 Å². The molecule has 0 bridgehead atoms. The molecule has 3 nitrogen and oxygen atoms in total. The number of hydrogen-bond acceptors (Lipinski definition) is 2. The first-order chi connectivity index (χ1) is 10.9. The van der Waals surface area contributed by atoms with Crippen LogP contribution in [-0.2, 0) is 6.54 Å². The third kappa shape index (κ3) is 2.26. The summed E-state index contributed by atoms with van der Waals surface area (Å²) in [5, 5.41) is 9.84. The summed E-state index contributed by atoms with van der Waals surface area (Å²) in [4.78, 5) is 0. The van der Waals surface area contributed by atoms with Crippen LogP contribution < -0.4 is 10.6 Å². The van der Waals surface area contributed by atoms with Crippen LogP contribution >= 0.6 is 0 Å². The van der Waals surface area contributed by atoms with Crippen LogP contribution in [-0.4, -0.2) is 23.7 Å². The fourth-order valence-corrected chi connectivity index (χ4v) is 3.68. The summed E-state index contributed by atoms with van der Waals surface area (Å²) in [6.45, 7) is 5.39. The van der Waals surface area contributed by atoms with Gasteiger partial charge in [0.15, 0.2) is 0 Å². The normalized spacial score (nSPS) is 18.3. The van der Waals surface area contributed by atoms with E-state index in [0.717, 1.165) is 19.6 Å². The minimum absolute atomic E-state index is 0.618. The van der Waals surface area contributed by atoms with E-state index in [1.807, 2.05) is 0 Å². The van der Waals surface area contributed by atoms with E-state index in [-0.39, 0.29) is 0 Å². The Morgan fingerprint density at radius 3 is 2.82 bits per heavy atom. The lowest BCUT2D eigenvalue weighted by molar-refractivity contribution is 0.633. The Labute approximate surface area is 131 Å². The number of aryl methyl sites for hydroxylation is 1. The lowest BCUT2D eigenvalue weighted by atomic mass is 10.1. The molecule has 22 heavy (non-hydrogen) atoms. The van der Waals surface area contributed by atoms with Gasteiger partial charge in [-0.15, -0.1) is 0 Å². The number of hydrogen-bond donors (Lipinski definition) is 2. The summed E-state index contributed by atoms with van der Waals surface area (Å²) in [6, 6.07) is 16.1. The van der Waals surface area contributed by atoms with Gasteiger partial charge in [-0.3, -0.25) is 0 Å². The van der Waals surface area contributed by atoms with E-state index < -0.39 is 0 Å². The summed E-state index contributed by atoms with van der Waals surface area (Å²) in [5.41, 5.74) is 3.88. The second-order valence-electron chi connectivity index (χ2n) is 6.17. The number of fused-ring (bicyclic) bond motifs is 3. The molecule has 4 rings (SSSR count). The predicted molar refractivity (Wildman–Crippen MR) is 94.6 cm³/mol. The molecule has 0 aliphatic carbocycles. The number of nitrogens with zero attached hydrogens (tertiary/aromatic N) is 1. The summed E-state index contributed by atoms with van der Waals surface area (Å²) < 4.78 is 2.40. The summed E-state index contributed by atoms with van der Waals surface area (Å²) in [6.07, 6.45) is 2.58. The third-order valence-corrected chi connectivity index (χ3v) is 4.80. The molecular weight excluding hydrogens is 270 g/mol. The van der Waals surface area contributed by atoms with Crippen LogP contribution in [0.15, 0.2) is 42.5 Å². The smallest absolute Gasteiger partial charge is 0.0492 e. The Morgan fingerprint density at radius 2 is 2.00 bits per heavy atom. The maximum atomic E-state index is 3.60. The van der Waals surface area contributed by atoms with Crippen molar-refractivity contribution in [1.82, 2.24) is 9.88 Å². The second-order valence-corrected chi connectivity index (χ2v) is 6.17. The number of aromatic nitrogens is 1. The Hall–Kier alpha value is -2.00. The average Bonchev–Trinajstić information content (AvgIpc) is 3.18. The highest BCUT2D eigenvalue weighted by atomic mass is 15.0. The molecule has 1 saturated heterocycles. The van der Waals surface area contributed by atoms with E-state index in [1.54, 1.807) is 0 Å². The molecular formula is C19H23N3. The van der Waals surface area contributed by atoms with E-state index in [2.05, 4.69) is 64.6 Å². The molecule has 1 aliphatic heterocycles. The first-order valence-corrected chi connectivity index (χ1v) is 8.35. The average molecular weight is 293 g/mol. The fraction of sp³-hybridized carbons (Fsp3) is 0.368. The van der Waals surface area contributed by atoms with Gasteiger partial charge in [0.1, 0.15) is 0 Å². The molecule has 1 aliphatic rings. The van der Waals surface area contributed by atoms with Gasteiger partial charge in [-0.05, 0) is 50.6 Å². The van der Waals surface area contributed by atoms with Gasteiger partial charge in [0.05, 0.1) is 0 Å². The summed E-state index contributed by atoms with van der Waals surface area (Å²) in [5.74, 6) is 0. The van der Waals surface area contributed by atoms with Crippen molar-refractivity contribution in [3.8, 4) is 0 Å². The van der Waals surface area contributed by atoms with E-state index in [9.17, 15) is 0 Å². The van der Waals surface area contributed by atoms with Crippen molar-refractivity contribution in [3.05, 3.63) is 42.5 Å². The largest absolute Gasteiger partial charge is 0.383 e. The van der Waals surface area contributed by atoms with Gasteiger partial charge >= 0.3 is 0 Å². The zero-order chi connectivity index (χ0) is 14.9. The maximum absolute atomic E-state index is 3.60. The molecule has 114 valence electrons. The molecule has 1 aromatic heterocycles. The zero-order valence-corrected chi connectivity index (χ0v) is 13.1. The van der Waals surface area contributed by atoms with Crippen molar-refractivity contribution < 1.29 is 0 Å². The van der Waals surface area contributed by atoms with Gasteiger partial charge in [-0.2, -0.15) is 0 Å². The van der Waals surface area contributed by atoms with Gasteiger partial charge < -0.3 is 15.2 Å². The summed E-state index contributed by atoms with van der Waals surface area (Å²) >= 11 is 0. The number of anilines is 1. The van der Waals surface area contributed by atoms with Crippen LogP contribution in [0.3, 0.4) is 0 Å². The lowest BCUT2D eigenvalue weighted by Gasteiger charge is -2.13. The van der Waals surface area contributed by atoms with Crippen molar-refractivity contribution >= 4 is 27.5 Å². The molecule has 1 atom stereocenters. The standard InChI is InChI=1S/C19H23N3/c1-2-22-18-8-4-3-7-16(18)17-12-14(9-10-19(17)22)21-13-15-6-5-11-20-15/h3-4,7-10,12,15,20-21H,2,5-6,11,13H2,1H3. The van der Waals surface area contributed by atoms with Crippen LogP contribution in [0.1, 0.15) is 19.8 Å². The fourth-order valence-electron chi connectivity index (χ4n) is 3.68. The molecule has 1 fully saturated rings. The Balaban J connectivity index is 1.71. The number of benzene rings is 2. The molecule has 0 saturated carbocycles. The first-order valence-electron chi connectivity index (χ1n) is 8.35. The van der Waals surface area contributed by atoms with Gasteiger partial charge in [-0.1, -0.05) is 18.2 Å². The van der Waals surface area contributed by atoms with Gasteiger partial charge in [0, 0.05) is 46.6 Å². The SMILES string of the molecule is CCn1c2ccccc2c2cc(NCC3CCCN3)ccc21. The minimum atomic E-state index is 0.618. The van der Waals surface area contributed by atoms with E-state index in [0.29, 0.717) is 6.04 Å². The molecule has 1 unspecified atom stereocenters. The Morgan fingerprint density at radius 1 is 1.14 bits per heavy atom. The summed E-state index contributed by atoms with van der Waals surface area (Å²) in [7, 11) is 0. The number of para-hydroxylation sites is 1. The Bertz CT molecular complexity index is 797. The van der Waals surface area contributed by atoms with Gasteiger partial charge in [-0.25, -0.2) is 0 Å². The van der Waals surface area contributed by atoms with Crippen molar-refractivity contribution in [2.75, 3.05) is 18.4 Å². The van der Waals surface area contributed by atoms with Crippen LogP contribution in [0.4, 0.5) is 5.69 Å². The van der Waals surface area contributed by atoms with E-state index >= 15 is 0 Å². The van der Waals surface area contributed by atoms with Crippen molar-refractivity contribution in [1.29, 1.82) is 0 Å². The third-order valence-electron chi connectivity index (χ3n) is 4.80. The highest BCUT2D eigenvalue weighted by molar-refractivity contribution is 6.09. The highest BCUT2D eigenvalue weighted by Gasteiger charge is 2.14. The molecule has 0 radical (unpaired) electrons. The molecule has 0 amide bonds. The molecule has 3 aromatic rings. The Kier molecular flexibility index (Phi) is 3.51. The van der Waals surface area contributed by atoms with Gasteiger partial charge in [0.25, 0.3) is 0 Å². The second kappa shape index (κ2) is 5.65. The molecule has 0 spiro atoms. The maximum Gasteiger partial charge on any atom is 0.0492 e.